The molecule has 1 aliphatic heterocycles. The number of hydrogen-bond acceptors (Lipinski definition) is 1. The van der Waals surface area contributed by atoms with Gasteiger partial charge in [0.15, 0.2) is 0 Å². The Hall–Kier alpha value is -0.300. The largest absolute Gasteiger partial charge is 0.303 e. The Morgan fingerprint density at radius 1 is 0.583 bits per heavy atom. The van der Waals surface area contributed by atoms with Gasteiger partial charge in [0.25, 0.3) is 0 Å². The summed E-state index contributed by atoms with van der Waals surface area (Å²) in [5.41, 5.74) is 0. The molecule has 0 radical (unpaired) electrons. The third kappa shape index (κ3) is 14.1. The highest BCUT2D eigenvalue weighted by Crippen LogP contribution is 2.12. The van der Waals surface area contributed by atoms with Gasteiger partial charge in [0.2, 0.25) is 0 Å². The highest BCUT2D eigenvalue weighted by atomic mass is 15.1. The fourth-order valence-electron chi connectivity index (χ4n) is 3.77. The molecule has 1 nitrogen and oxygen atoms in total. The van der Waals surface area contributed by atoms with Gasteiger partial charge in [0.05, 0.1) is 0 Å². The van der Waals surface area contributed by atoms with Crippen molar-refractivity contribution in [3.63, 3.8) is 0 Å². The van der Waals surface area contributed by atoms with E-state index in [2.05, 4.69) is 24.0 Å². The first-order chi connectivity index (χ1) is 11.9. The van der Waals surface area contributed by atoms with E-state index in [-0.39, 0.29) is 0 Å². The van der Waals surface area contributed by atoms with Gasteiger partial charge in [-0.25, -0.2) is 0 Å². The SMILES string of the molecule is CCCCCCCCC=CCCCCCCCCN1CCCCC1. The maximum Gasteiger partial charge on any atom is -0.00187 e. The minimum absolute atomic E-state index is 1.31. The number of likely N-dealkylation sites (tertiary alicyclic amines) is 1. The van der Waals surface area contributed by atoms with Crippen LogP contribution in [0.5, 0.6) is 0 Å². The Morgan fingerprint density at radius 2 is 1.08 bits per heavy atom. The van der Waals surface area contributed by atoms with Gasteiger partial charge in [0, 0.05) is 0 Å². The van der Waals surface area contributed by atoms with Crippen LogP contribution in [0.1, 0.15) is 116 Å². The fourth-order valence-corrected chi connectivity index (χ4v) is 3.77. The summed E-state index contributed by atoms with van der Waals surface area (Å²) in [7, 11) is 0. The van der Waals surface area contributed by atoms with Crippen LogP contribution in [0.15, 0.2) is 12.2 Å². The van der Waals surface area contributed by atoms with Gasteiger partial charge < -0.3 is 4.90 Å². The second-order valence-corrected chi connectivity index (χ2v) is 7.84. The minimum Gasteiger partial charge on any atom is -0.303 e. The highest BCUT2D eigenvalue weighted by Gasteiger charge is 2.08. The lowest BCUT2D eigenvalue weighted by Crippen LogP contribution is -2.30. The molecule has 0 aromatic carbocycles. The molecule has 1 aliphatic rings. The Kier molecular flexibility index (Phi) is 15.9. The molecule has 0 spiro atoms. The van der Waals surface area contributed by atoms with E-state index < -0.39 is 0 Å². The van der Waals surface area contributed by atoms with Crippen LogP contribution in [0.25, 0.3) is 0 Å². The average Bonchev–Trinajstić information content (AvgIpc) is 2.62. The maximum atomic E-state index is 2.68. The van der Waals surface area contributed by atoms with Crippen LogP contribution in [0, 0.1) is 0 Å². The summed E-state index contributed by atoms with van der Waals surface area (Å²) in [4.78, 5) is 2.68. The summed E-state index contributed by atoms with van der Waals surface area (Å²) in [6, 6.07) is 0. The van der Waals surface area contributed by atoms with Gasteiger partial charge in [-0.1, -0.05) is 83.3 Å². The Labute approximate surface area is 153 Å². The summed E-state index contributed by atoms with van der Waals surface area (Å²) in [5, 5.41) is 0. The zero-order valence-corrected chi connectivity index (χ0v) is 16.7. The van der Waals surface area contributed by atoms with E-state index in [0.717, 1.165) is 0 Å². The number of hydrogen-bond donors (Lipinski definition) is 0. The molecular formula is C23H45N. The molecule has 0 N–H and O–H groups in total. The lowest BCUT2D eigenvalue weighted by Gasteiger charge is -2.26. The highest BCUT2D eigenvalue weighted by molar-refractivity contribution is 4.81. The van der Waals surface area contributed by atoms with Gasteiger partial charge >= 0.3 is 0 Å². The molecule has 0 unspecified atom stereocenters. The molecule has 142 valence electrons. The average molecular weight is 336 g/mol. The number of piperidine rings is 1. The van der Waals surface area contributed by atoms with Crippen molar-refractivity contribution in [2.75, 3.05) is 19.6 Å². The molecule has 0 atom stereocenters. The van der Waals surface area contributed by atoms with Crippen LogP contribution < -0.4 is 0 Å². The molecule has 0 saturated carbocycles. The normalized spacial score (nSPS) is 16.2. The van der Waals surface area contributed by atoms with Crippen molar-refractivity contribution in [3.05, 3.63) is 12.2 Å². The molecule has 1 heteroatoms. The second-order valence-electron chi connectivity index (χ2n) is 7.84. The molecule has 0 aromatic rings. The van der Waals surface area contributed by atoms with Crippen molar-refractivity contribution < 1.29 is 0 Å². The molecule has 1 rings (SSSR count). The topological polar surface area (TPSA) is 3.24 Å². The second kappa shape index (κ2) is 17.5. The lowest BCUT2D eigenvalue weighted by atomic mass is 10.1. The minimum atomic E-state index is 1.31. The summed E-state index contributed by atoms with van der Waals surface area (Å²) in [6.07, 6.45) is 28.9. The van der Waals surface area contributed by atoms with Crippen LogP contribution >= 0.6 is 0 Å². The van der Waals surface area contributed by atoms with Crippen LogP contribution in [0.3, 0.4) is 0 Å². The first kappa shape index (κ1) is 21.7. The van der Waals surface area contributed by atoms with Crippen LogP contribution in [-0.2, 0) is 0 Å². The van der Waals surface area contributed by atoms with E-state index in [4.69, 9.17) is 0 Å². The molecular weight excluding hydrogens is 290 g/mol. The van der Waals surface area contributed by atoms with E-state index >= 15 is 0 Å². The summed E-state index contributed by atoms with van der Waals surface area (Å²) >= 11 is 0. The Balaban J connectivity index is 1.71. The quantitative estimate of drug-likeness (QED) is 0.208. The van der Waals surface area contributed by atoms with Gasteiger partial charge in [-0.2, -0.15) is 0 Å². The van der Waals surface area contributed by atoms with Crippen molar-refractivity contribution in [3.8, 4) is 0 Å². The fraction of sp³-hybridized carbons (Fsp3) is 0.913. The zero-order valence-electron chi connectivity index (χ0n) is 16.7. The molecule has 24 heavy (non-hydrogen) atoms. The van der Waals surface area contributed by atoms with Crippen LogP contribution in [0.2, 0.25) is 0 Å². The maximum absolute atomic E-state index is 2.68. The monoisotopic (exact) mass is 335 g/mol. The summed E-state index contributed by atoms with van der Waals surface area (Å²) in [6.45, 7) is 6.38. The van der Waals surface area contributed by atoms with Gasteiger partial charge in [-0.3, -0.25) is 0 Å². The predicted molar refractivity (Wildman–Crippen MR) is 110 cm³/mol. The molecule has 1 heterocycles. The number of unbranched alkanes of at least 4 members (excludes halogenated alkanes) is 12. The van der Waals surface area contributed by atoms with Crippen molar-refractivity contribution >= 4 is 0 Å². The smallest absolute Gasteiger partial charge is 0.00187 e. The molecule has 0 amide bonds. The van der Waals surface area contributed by atoms with E-state index in [9.17, 15) is 0 Å². The molecule has 0 aromatic heterocycles. The summed E-state index contributed by atoms with van der Waals surface area (Å²) in [5.74, 6) is 0. The Bertz CT molecular complexity index is 265. The molecule has 1 saturated heterocycles. The first-order valence-corrected chi connectivity index (χ1v) is 11.3. The van der Waals surface area contributed by atoms with Crippen molar-refractivity contribution in [2.24, 2.45) is 0 Å². The molecule has 1 fully saturated rings. The number of allylic oxidation sites excluding steroid dienone is 2. The van der Waals surface area contributed by atoms with Crippen molar-refractivity contribution in [1.82, 2.24) is 4.90 Å². The third-order valence-corrected chi connectivity index (χ3v) is 5.43. The number of nitrogens with zero attached hydrogens (tertiary/aromatic N) is 1. The lowest BCUT2D eigenvalue weighted by molar-refractivity contribution is 0.224. The zero-order chi connectivity index (χ0) is 17.1. The first-order valence-electron chi connectivity index (χ1n) is 11.3. The van der Waals surface area contributed by atoms with Crippen molar-refractivity contribution in [2.45, 2.75) is 116 Å². The van der Waals surface area contributed by atoms with Crippen LogP contribution in [-0.4, -0.2) is 24.5 Å². The summed E-state index contributed by atoms with van der Waals surface area (Å²) < 4.78 is 0. The Morgan fingerprint density at radius 3 is 1.67 bits per heavy atom. The predicted octanol–water partition coefficient (Wildman–Crippen LogP) is 7.51. The van der Waals surface area contributed by atoms with E-state index in [1.807, 2.05) is 0 Å². The van der Waals surface area contributed by atoms with E-state index in [1.165, 1.54) is 129 Å². The van der Waals surface area contributed by atoms with Gasteiger partial charge in [-0.05, 0) is 64.6 Å². The van der Waals surface area contributed by atoms with Gasteiger partial charge in [-0.15, -0.1) is 0 Å². The molecule has 0 aliphatic carbocycles. The molecule has 0 bridgehead atoms. The third-order valence-electron chi connectivity index (χ3n) is 5.43. The number of rotatable bonds is 16. The van der Waals surface area contributed by atoms with Gasteiger partial charge in [0.1, 0.15) is 0 Å². The van der Waals surface area contributed by atoms with E-state index in [0.29, 0.717) is 0 Å². The van der Waals surface area contributed by atoms with Crippen molar-refractivity contribution in [1.29, 1.82) is 0 Å². The standard InChI is InChI=1S/C23H45N/c1-2-3-4-5-6-7-8-9-10-11-12-13-14-15-16-18-21-24-22-19-17-20-23-24/h9-10H,2-8,11-23H2,1H3. The van der Waals surface area contributed by atoms with E-state index in [1.54, 1.807) is 0 Å². The van der Waals surface area contributed by atoms with Crippen LogP contribution in [0.4, 0.5) is 0 Å².